The fourth-order valence-corrected chi connectivity index (χ4v) is 1.83. The minimum atomic E-state index is -0.378. The maximum atomic E-state index is 13.4. The van der Waals surface area contributed by atoms with Gasteiger partial charge in [0.1, 0.15) is 17.2 Å². The molecule has 0 saturated heterocycles. The number of hydrogen-bond donors (Lipinski definition) is 1. The standard InChI is InChI=1S/C15H19FN2O/c1-5-17-13-8-10-6-7-11(16)9-12(10)14(18-13)19-15(2,3)4/h6-9H,5H2,1-4H3,(H,17,18). The van der Waals surface area contributed by atoms with E-state index in [1.54, 1.807) is 6.07 Å². The Labute approximate surface area is 112 Å². The van der Waals surface area contributed by atoms with E-state index in [4.69, 9.17) is 4.74 Å². The number of ether oxygens (including phenoxy) is 1. The summed E-state index contributed by atoms with van der Waals surface area (Å²) < 4.78 is 19.2. The van der Waals surface area contributed by atoms with E-state index in [1.165, 1.54) is 12.1 Å². The predicted octanol–water partition coefficient (Wildman–Crippen LogP) is 3.98. The van der Waals surface area contributed by atoms with Crippen molar-refractivity contribution in [1.29, 1.82) is 0 Å². The summed E-state index contributed by atoms with van der Waals surface area (Å²) in [6, 6.07) is 6.54. The molecule has 0 fully saturated rings. The van der Waals surface area contributed by atoms with Gasteiger partial charge < -0.3 is 10.1 Å². The highest BCUT2D eigenvalue weighted by Gasteiger charge is 2.16. The monoisotopic (exact) mass is 262 g/mol. The van der Waals surface area contributed by atoms with E-state index >= 15 is 0 Å². The van der Waals surface area contributed by atoms with E-state index in [-0.39, 0.29) is 11.4 Å². The predicted molar refractivity (Wildman–Crippen MR) is 76.2 cm³/mol. The zero-order valence-corrected chi connectivity index (χ0v) is 11.7. The lowest BCUT2D eigenvalue weighted by molar-refractivity contribution is 0.127. The average Bonchev–Trinajstić information content (AvgIpc) is 2.28. The number of hydrogen-bond acceptors (Lipinski definition) is 3. The van der Waals surface area contributed by atoms with Gasteiger partial charge >= 0.3 is 0 Å². The molecule has 0 spiro atoms. The van der Waals surface area contributed by atoms with Crippen molar-refractivity contribution in [3.05, 3.63) is 30.1 Å². The molecule has 0 aliphatic rings. The average molecular weight is 262 g/mol. The topological polar surface area (TPSA) is 34.1 Å². The van der Waals surface area contributed by atoms with Crippen molar-refractivity contribution in [3.8, 4) is 5.88 Å². The first-order valence-corrected chi connectivity index (χ1v) is 6.42. The van der Waals surface area contributed by atoms with Crippen LogP contribution in [0, 0.1) is 5.82 Å². The second-order valence-electron chi connectivity index (χ2n) is 5.42. The first kappa shape index (κ1) is 13.6. The van der Waals surface area contributed by atoms with Gasteiger partial charge in [-0.15, -0.1) is 0 Å². The quantitative estimate of drug-likeness (QED) is 0.908. The Bertz CT molecular complexity index is 590. The van der Waals surface area contributed by atoms with Gasteiger partial charge in [-0.3, -0.25) is 0 Å². The van der Waals surface area contributed by atoms with Crippen molar-refractivity contribution in [2.24, 2.45) is 0 Å². The van der Waals surface area contributed by atoms with Crippen LogP contribution in [0.4, 0.5) is 10.2 Å². The first-order chi connectivity index (χ1) is 8.89. The van der Waals surface area contributed by atoms with Crippen molar-refractivity contribution < 1.29 is 9.13 Å². The third kappa shape index (κ3) is 3.34. The van der Waals surface area contributed by atoms with Crippen LogP contribution in [0.3, 0.4) is 0 Å². The smallest absolute Gasteiger partial charge is 0.223 e. The third-order valence-corrected chi connectivity index (χ3v) is 2.52. The van der Waals surface area contributed by atoms with Crippen LogP contribution >= 0.6 is 0 Å². The maximum Gasteiger partial charge on any atom is 0.223 e. The zero-order valence-electron chi connectivity index (χ0n) is 11.7. The second-order valence-corrected chi connectivity index (χ2v) is 5.42. The molecule has 0 unspecified atom stereocenters. The minimum Gasteiger partial charge on any atom is -0.471 e. The van der Waals surface area contributed by atoms with Crippen LogP contribution < -0.4 is 10.1 Å². The van der Waals surface area contributed by atoms with E-state index in [2.05, 4.69) is 10.3 Å². The normalized spacial score (nSPS) is 11.6. The lowest BCUT2D eigenvalue weighted by Crippen LogP contribution is -2.24. The number of aromatic nitrogens is 1. The molecule has 1 aromatic heterocycles. The fourth-order valence-electron chi connectivity index (χ4n) is 1.83. The van der Waals surface area contributed by atoms with Gasteiger partial charge in [-0.25, -0.2) is 4.39 Å². The Kier molecular flexibility index (Phi) is 3.60. The maximum absolute atomic E-state index is 13.4. The van der Waals surface area contributed by atoms with Gasteiger partial charge in [0.2, 0.25) is 5.88 Å². The minimum absolute atomic E-state index is 0.288. The van der Waals surface area contributed by atoms with Crippen molar-refractivity contribution in [3.63, 3.8) is 0 Å². The van der Waals surface area contributed by atoms with Gasteiger partial charge in [0.05, 0.1) is 0 Å². The van der Waals surface area contributed by atoms with Gasteiger partial charge in [0, 0.05) is 11.9 Å². The third-order valence-electron chi connectivity index (χ3n) is 2.52. The molecule has 0 atom stereocenters. The second kappa shape index (κ2) is 5.03. The van der Waals surface area contributed by atoms with Crippen molar-refractivity contribution in [2.45, 2.75) is 33.3 Å². The summed E-state index contributed by atoms with van der Waals surface area (Å²) in [6.07, 6.45) is 0. The van der Waals surface area contributed by atoms with Gasteiger partial charge in [-0.2, -0.15) is 4.98 Å². The summed E-state index contributed by atoms with van der Waals surface area (Å²) in [6.45, 7) is 8.61. The van der Waals surface area contributed by atoms with Crippen molar-refractivity contribution in [2.75, 3.05) is 11.9 Å². The molecule has 0 aliphatic heterocycles. The molecule has 2 rings (SSSR count). The number of rotatable bonds is 3. The SMILES string of the molecule is CCNc1cc2ccc(F)cc2c(OC(C)(C)C)n1. The van der Waals surface area contributed by atoms with Crippen molar-refractivity contribution >= 4 is 16.6 Å². The Morgan fingerprint density at radius 3 is 2.63 bits per heavy atom. The Balaban J connectivity index is 2.58. The fraction of sp³-hybridized carbons (Fsp3) is 0.400. The molecular weight excluding hydrogens is 243 g/mol. The van der Waals surface area contributed by atoms with Crippen LogP contribution in [-0.4, -0.2) is 17.1 Å². The molecule has 19 heavy (non-hydrogen) atoms. The van der Waals surface area contributed by atoms with Crippen LogP contribution in [0.25, 0.3) is 10.8 Å². The summed E-state index contributed by atoms with van der Waals surface area (Å²) in [5, 5.41) is 4.76. The zero-order chi connectivity index (χ0) is 14.0. The summed E-state index contributed by atoms with van der Waals surface area (Å²) in [7, 11) is 0. The number of benzene rings is 1. The van der Waals surface area contributed by atoms with E-state index < -0.39 is 0 Å². The highest BCUT2D eigenvalue weighted by molar-refractivity contribution is 5.89. The van der Waals surface area contributed by atoms with Gasteiger partial charge in [-0.05, 0) is 51.3 Å². The molecule has 3 nitrogen and oxygen atoms in total. The van der Waals surface area contributed by atoms with Crippen LogP contribution in [0.15, 0.2) is 24.3 Å². The van der Waals surface area contributed by atoms with Crippen LogP contribution in [0.5, 0.6) is 5.88 Å². The highest BCUT2D eigenvalue weighted by atomic mass is 19.1. The van der Waals surface area contributed by atoms with E-state index in [9.17, 15) is 4.39 Å². The molecule has 0 bridgehead atoms. The number of nitrogens with zero attached hydrogens (tertiary/aromatic N) is 1. The van der Waals surface area contributed by atoms with Crippen LogP contribution in [0.1, 0.15) is 27.7 Å². The summed E-state index contributed by atoms with van der Waals surface area (Å²) >= 11 is 0. The molecule has 1 N–H and O–H groups in total. The molecule has 0 aliphatic carbocycles. The van der Waals surface area contributed by atoms with E-state index in [1.807, 2.05) is 33.8 Å². The molecule has 102 valence electrons. The summed E-state index contributed by atoms with van der Waals surface area (Å²) in [5.74, 6) is 0.908. The number of pyridine rings is 1. The Hall–Kier alpha value is -1.84. The Morgan fingerprint density at radius 2 is 2.00 bits per heavy atom. The van der Waals surface area contributed by atoms with E-state index in [0.717, 1.165) is 17.7 Å². The molecule has 2 aromatic rings. The summed E-state index contributed by atoms with van der Waals surface area (Å²) in [4.78, 5) is 4.42. The number of halogens is 1. The first-order valence-electron chi connectivity index (χ1n) is 6.42. The molecule has 0 amide bonds. The molecular formula is C15H19FN2O. The molecule has 1 aromatic carbocycles. The van der Waals surface area contributed by atoms with Gasteiger partial charge in [0.15, 0.2) is 0 Å². The molecule has 0 radical (unpaired) electrons. The molecule has 4 heteroatoms. The Morgan fingerprint density at radius 1 is 1.26 bits per heavy atom. The highest BCUT2D eigenvalue weighted by Crippen LogP contribution is 2.29. The molecule has 1 heterocycles. The summed E-state index contributed by atoms with van der Waals surface area (Å²) in [5.41, 5.74) is -0.378. The van der Waals surface area contributed by atoms with Crippen LogP contribution in [-0.2, 0) is 0 Å². The number of anilines is 1. The lowest BCUT2D eigenvalue weighted by Gasteiger charge is -2.22. The lowest BCUT2D eigenvalue weighted by atomic mass is 10.1. The number of nitrogens with one attached hydrogen (secondary N) is 1. The van der Waals surface area contributed by atoms with Crippen molar-refractivity contribution in [1.82, 2.24) is 4.98 Å². The van der Waals surface area contributed by atoms with Gasteiger partial charge in [-0.1, -0.05) is 6.07 Å². The van der Waals surface area contributed by atoms with E-state index in [0.29, 0.717) is 11.3 Å². The van der Waals surface area contributed by atoms with Gasteiger partial charge in [0.25, 0.3) is 0 Å². The molecule has 0 saturated carbocycles. The van der Waals surface area contributed by atoms with Crippen LogP contribution in [0.2, 0.25) is 0 Å². The number of fused-ring (bicyclic) bond motifs is 1. The largest absolute Gasteiger partial charge is 0.471 e.